The van der Waals surface area contributed by atoms with Crippen molar-refractivity contribution in [3.63, 3.8) is 0 Å². The number of rotatable bonds is 4. The molecular weight excluding hydrogens is 422 g/mol. The van der Waals surface area contributed by atoms with Crippen LogP contribution in [0.15, 0.2) is 60.8 Å². The third kappa shape index (κ3) is 4.60. The molecule has 2 aliphatic rings. The number of hydrogen-bond acceptors (Lipinski definition) is 3. The van der Waals surface area contributed by atoms with Crippen molar-refractivity contribution >= 4 is 6.03 Å². The maximum atomic E-state index is 13.6. The lowest BCUT2D eigenvalue weighted by molar-refractivity contribution is 0.101. The van der Waals surface area contributed by atoms with E-state index in [0.29, 0.717) is 6.54 Å². The predicted octanol–water partition coefficient (Wildman–Crippen LogP) is 4.44. The van der Waals surface area contributed by atoms with Crippen molar-refractivity contribution < 1.29 is 4.79 Å². The van der Waals surface area contributed by atoms with Crippen LogP contribution in [-0.2, 0) is 20.0 Å². The van der Waals surface area contributed by atoms with Gasteiger partial charge in [-0.25, -0.2) is 4.79 Å². The number of nitrogens with one attached hydrogen (secondary N) is 1. The first-order valence-electron chi connectivity index (χ1n) is 12.5. The molecule has 3 aromatic rings. The number of nitrogens with zero attached hydrogens (tertiary/aromatic N) is 4. The Kier molecular flexibility index (Phi) is 6.68. The zero-order chi connectivity index (χ0) is 23.5. The molecule has 0 aliphatic carbocycles. The van der Waals surface area contributed by atoms with Crippen LogP contribution in [0.1, 0.15) is 53.3 Å². The summed E-state index contributed by atoms with van der Waals surface area (Å²) in [6, 6.07) is 19.4. The van der Waals surface area contributed by atoms with Crippen LogP contribution in [0.2, 0.25) is 0 Å². The average Bonchev–Trinajstić information content (AvgIpc) is 3.21. The fraction of sp³-hybridized carbons (Fsp3) is 0.429. The van der Waals surface area contributed by atoms with Crippen molar-refractivity contribution in [1.82, 2.24) is 24.9 Å². The van der Waals surface area contributed by atoms with Gasteiger partial charge in [0.25, 0.3) is 0 Å². The average molecular weight is 458 g/mol. The van der Waals surface area contributed by atoms with Crippen LogP contribution in [0.3, 0.4) is 0 Å². The fourth-order valence-corrected chi connectivity index (χ4v) is 5.51. The van der Waals surface area contributed by atoms with Gasteiger partial charge in [0.15, 0.2) is 0 Å². The maximum Gasteiger partial charge on any atom is 0.318 e. The van der Waals surface area contributed by atoms with Crippen LogP contribution < -0.4 is 5.32 Å². The van der Waals surface area contributed by atoms with Gasteiger partial charge in [-0.2, -0.15) is 5.10 Å². The molecule has 178 valence electrons. The second-order valence-electron chi connectivity index (χ2n) is 9.64. The SMILES string of the molecule is Cc1c(CN2CCC(N3C(=O)NCCCc4ccccc4C3c3ccccc3)CC2)cnn1C. The fourth-order valence-electron chi connectivity index (χ4n) is 5.51. The number of hydrogen-bond donors (Lipinski definition) is 1. The van der Waals surface area contributed by atoms with Crippen LogP contribution >= 0.6 is 0 Å². The van der Waals surface area contributed by atoms with Crippen LogP contribution in [0, 0.1) is 6.92 Å². The van der Waals surface area contributed by atoms with Gasteiger partial charge in [0.05, 0.1) is 12.2 Å². The van der Waals surface area contributed by atoms with Crippen molar-refractivity contribution in [2.24, 2.45) is 7.05 Å². The van der Waals surface area contributed by atoms with E-state index >= 15 is 0 Å². The highest BCUT2D eigenvalue weighted by molar-refractivity contribution is 5.76. The molecule has 3 heterocycles. The highest BCUT2D eigenvalue weighted by atomic mass is 16.2. The smallest absolute Gasteiger partial charge is 0.318 e. The topological polar surface area (TPSA) is 53.4 Å². The van der Waals surface area contributed by atoms with E-state index in [0.717, 1.165) is 45.3 Å². The first-order valence-corrected chi connectivity index (χ1v) is 12.5. The van der Waals surface area contributed by atoms with Gasteiger partial charge < -0.3 is 10.2 Å². The molecule has 1 atom stereocenters. The number of carbonyl (C=O) groups is 1. The number of piperidine rings is 1. The molecule has 0 bridgehead atoms. The van der Waals surface area contributed by atoms with Crippen LogP contribution in [-0.4, -0.2) is 51.3 Å². The Hall–Kier alpha value is -3.12. The third-order valence-electron chi connectivity index (χ3n) is 7.56. The molecule has 2 amide bonds. The van der Waals surface area contributed by atoms with Crippen molar-refractivity contribution in [2.45, 2.75) is 51.2 Å². The molecule has 1 fully saturated rings. The Labute approximate surface area is 202 Å². The minimum absolute atomic E-state index is 0.0621. The first kappa shape index (κ1) is 22.7. The minimum atomic E-state index is -0.0763. The predicted molar refractivity (Wildman–Crippen MR) is 135 cm³/mol. The van der Waals surface area contributed by atoms with E-state index < -0.39 is 0 Å². The van der Waals surface area contributed by atoms with Gasteiger partial charge in [0.1, 0.15) is 0 Å². The molecule has 1 unspecified atom stereocenters. The summed E-state index contributed by atoms with van der Waals surface area (Å²) in [4.78, 5) is 18.3. The summed E-state index contributed by atoms with van der Waals surface area (Å²) in [5, 5.41) is 7.63. The molecule has 0 spiro atoms. The zero-order valence-corrected chi connectivity index (χ0v) is 20.3. The van der Waals surface area contributed by atoms with E-state index in [1.807, 2.05) is 24.0 Å². The molecule has 34 heavy (non-hydrogen) atoms. The normalized spacial score (nSPS) is 20.2. The van der Waals surface area contributed by atoms with E-state index in [2.05, 4.69) is 75.7 Å². The summed E-state index contributed by atoms with van der Waals surface area (Å²) in [5.41, 5.74) is 6.31. The molecular formula is C28H35N5O. The number of urea groups is 1. The van der Waals surface area contributed by atoms with E-state index in [9.17, 15) is 4.79 Å². The summed E-state index contributed by atoms with van der Waals surface area (Å²) in [7, 11) is 2.00. The summed E-state index contributed by atoms with van der Waals surface area (Å²) in [6.07, 6.45) is 5.87. The number of fused-ring (bicyclic) bond motifs is 1. The van der Waals surface area contributed by atoms with Gasteiger partial charge in [-0.15, -0.1) is 0 Å². The summed E-state index contributed by atoms with van der Waals surface area (Å²) in [5.74, 6) is 0. The molecule has 2 aliphatic heterocycles. The Morgan fingerprint density at radius 2 is 1.76 bits per heavy atom. The maximum absolute atomic E-state index is 13.6. The van der Waals surface area contributed by atoms with Crippen LogP contribution in [0.5, 0.6) is 0 Å². The van der Waals surface area contributed by atoms with Gasteiger partial charge in [-0.05, 0) is 49.3 Å². The van der Waals surface area contributed by atoms with E-state index in [1.165, 1.54) is 27.9 Å². The molecule has 1 aromatic heterocycles. The van der Waals surface area contributed by atoms with Gasteiger partial charge in [-0.1, -0.05) is 54.6 Å². The quantitative estimate of drug-likeness (QED) is 0.630. The minimum Gasteiger partial charge on any atom is -0.338 e. The molecule has 0 saturated carbocycles. The number of carbonyl (C=O) groups excluding carboxylic acids is 1. The lowest BCUT2D eigenvalue weighted by Crippen LogP contribution is -2.52. The highest BCUT2D eigenvalue weighted by Crippen LogP contribution is 2.36. The Balaban J connectivity index is 1.43. The van der Waals surface area contributed by atoms with Crippen molar-refractivity contribution in [1.29, 1.82) is 0 Å². The third-order valence-corrected chi connectivity index (χ3v) is 7.56. The second-order valence-corrected chi connectivity index (χ2v) is 9.64. The largest absolute Gasteiger partial charge is 0.338 e. The zero-order valence-electron chi connectivity index (χ0n) is 20.3. The van der Waals surface area contributed by atoms with Crippen molar-refractivity contribution in [3.8, 4) is 0 Å². The molecule has 5 rings (SSSR count). The molecule has 1 N–H and O–H groups in total. The number of aromatic nitrogens is 2. The molecule has 6 heteroatoms. The molecule has 6 nitrogen and oxygen atoms in total. The second kappa shape index (κ2) is 10.0. The van der Waals surface area contributed by atoms with Crippen LogP contribution in [0.4, 0.5) is 4.79 Å². The van der Waals surface area contributed by atoms with E-state index in [4.69, 9.17) is 0 Å². The number of aryl methyl sites for hydroxylation is 2. The standard InChI is InChI=1S/C28H35N5O/c1-21-24(19-30-31(21)2)20-32-17-14-25(15-18-32)33-27(23-10-4-3-5-11-23)26-13-7-6-9-22(26)12-8-16-29-28(33)34/h3-7,9-11,13,19,25,27H,8,12,14-18,20H2,1-2H3,(H,29,34). The van der Waals surface area contributed by atoms with Gasteiger partial charge >= 0.3 is 6.03 Å². The lowest BCUT2D eigenvalue weighted by atomic mass is 9.89. The lowest BCUT2D eigenvalue weighted by Gasteiger charge is -2.43. The molecule has 2 aromatic carbocycles. The molecule has 0 radical (unpaired) electrons. The number of likely N-dealkylation sites (tertiary alicyclic amines) is 1. The first-order chi connectivity index (χ1) is 16.6. The monoisotopic (exact) mass is 457 g/mol. The van der Waals surface area contributed by atoms with Gasteiger partial charge in [0.2, 0.25) is 0 Å². The number of benzene rings is 2. The van der Waals surface area contributed by atoms with Gasteiger partial charge in [0, 0.05) is 50.5 Å². The Morgan fingerprint density at radius 1 is 1.03 bits per heavy atom. The number of amides is 2. The van der Waals surface area contributed by atoms with Gasteiger partial charge in [-0.3, -0.25) is 9.58 Å². The summed E-state index contributed by atoms with van der Waals surface area (Å²) in [6.45, 7) is 5.72. The van der Waals surface area contributed by atoms with E-state index in [-0.39, 0.29) is 18.1 Å². The van der Waals surface area contributed by atoms with Crippen LogP contribution in [0.25, 0.3) is 0 Å². The molecule has 1 saturated heterocycles. The summed E-state index contributed by atoms with van der Waals surface area (Å²) < 4.78 is 1.94. The van der Waals surface area contributed by atoms with Crippen molar-refractivity contribution in [2.75, 3.05) is 19.6 Å². The Bertz CT molecular complexity index is 1120. The Morgan fingerprint density at radius 3 is 2.50 bits per heavy atom. The van der Waals surface area contributed by atoms with Crippen molar-refractivity contribution in [3.05, 3.63) is 88.7 Å². The van der Waals surface area contributed by atoms with E-state index in [1.54, 1.807) is 0 Å². The highest BCUT2D eigenvalue weighted by Gasteiger charge is 2.36. The summed E-state index contributed by atoms with van der Waals surface area (Å²) >= 11 is 0.